The monoisotopic (exact) mass is 536 g/mol. The Morgan fingerprint density at radius 2 is 1.11 bits per heavy atom. The molecule has 4 aromatic rings. The summed E-state index contributed by atoms with van der Waals surface area (Å²) in [6.45, 7) is 6.06. The van der Waals surface area contributed by atoms with Gasteiger partial charge in [-0.15, -0.1) is 0 Å². The Balaban J connectivity index is 1.73. The molecule has 1 amide bonds. The molecule has 0 aromatic heterocycles. The number of amides is 1. The third-order valence-electron chi connectivity index (χ3n) is 6.13. The highest BCUT2D eigenvalue weighted by Gasteiger charge is 2.43. The zero-order valence-corrected chi connectivity index (χ0v) is 22.8. The quantitative estimate of drug-likeness (QED) is 0.248. The van der Waals surface area contributed by atoms with Gasteiger partial charge in [0.05, 0.1) is 17.1 Å². The third-order valence-corrected chi connectivity index (χ3v) is 6.75. The van der Waals surface area contributed by atoms with E-state index in [1.165, 1.54) is 4.90 Å². The zero-order chi connectivity index (χ0) is 26.8. The largest absolute Gasteiger partial charge is 0.268 e. The molecule has 0 spiro atoms. The summed E-state index contributed by atoms with van der Waals surface area (Å²) in [7, 11) is 0. The molecule has 0 atom stereocenters. The van der Waals surface area contributed by atoms with Gasteiger partial charge in [-0.05, 0) is 93.7 Å². The van der Waals surface area contributed by atoms with Crippen LogP contribution in [0.4, 0.5) is 17.1 Å². The first-order valence-corrected chi connectivity index (χ1v) is 12.9. The maximum absolute atomic E-state index is 13.9. The molecule has 1 saturated heterocycles. The minimum atomic E-state index is -0.316. The first-order valence-electron chi connectivity index (χ1n) is 12.1. The Morgan fingerprint density at radius 3 is 1.61 bits per heavy atom. The van der Waals surface area contributed by atoms with Crippen LogP contribution >= 0.6 is 23.8 Å². The van der Waals surface area contributed by atoms with Crippen molar-refractivity contribution in [1.82, 2.24) is 4.90 Å². The number of anilines is 1. The predicted octanol–water partition coefficient (Wildman–Crippen LogP) is 7.97. The fourth-order valence-electron chi connectivity index (χ4n) is 4.00. The highest BCUT2D eigenvalue weighted by Crippen LogP contribution is 2.30. The summed E-state index contributed by atoms with van der Waals surface area (Å²) in [5.74, 6) is 0.495. The molecule has 1 aliphatic heterocycles. The van der Waals surface area contributed by atoms with Crippen LogP contribution in [0.5, 0.6) is 0 Å². The van der Waals surface area contributed by atoms with E-state index >= 15 is 0 Å². The number of benzene rings is 4. The van der Waals surface area contributed by atoms with Gasteiger partial charge in [0.25, 0.3) is 5.91 Å². The molecule has 0 saturated carbocycles. The van der Waals surface area contributed by atoms with Crippen molar-refractivity contribution < 1.29 is 4.79 Å². The Bertz CT molecular complexity index is 1560. The standard InChI is InChI=1S/C31H25ClN4OS/c1-20-4-14-25(15-5-20)33-28-29(34-26-16-6-21(2)7-17-26)36(30(37)23-10-12-24(32)13-11-23)31(38)35(28)27-18-8-22(3)9-19-27/h4-19H,1-3H3. The number of hydrogen-bond donors (Lipinski definition) is 0. The fourth-order valence-corrected chi connectivity index (χ4v) is 4.48. The maximum atomic E-state index is 13.9. The van der Waals surface area contributed by atoms with E-state index in [0.717, 1.165) is 28.1 Å². The molecule has 1 fully saturated rings. The molecule has 38 heavy (non-hydrogen) atoms. The Morgan fingerprint density at radius 1 is 0.658 bits per heavy atom. The molecule has 0 bridgehead atoms. The predicted molar refractivity (Wildman–Crippen MR) is 160 cm³/mol. The van der Waals surface area contributed by atoms with Gasteiger partial charge in [-0.3, -0.25) is 9.69 Å². The second kappa shape index (κ2) is 10.7. The van der Waals surface area contributed by atoms with Gasteiger partial charge in [0.2, 0.25) is 0 Å². The highest BCUT2D eigenvalue weighted by atomic mass is 35.5. The summed E-state index contributed by atoms with van der Waals surface area (Å²) < 4.78 is 0. The van der Waals surface area contributed by atoms with E-state index in [9.17, 15) is 4.79 Å². The van der Waals surface area contributed by atoms with E-state index < -0.39 is 0 Å². The van der Waals surface area contributed by atoms with Crippen molar-refractivity contribution in [1.29, 1.82) is 0 Å². The van der Waals surface area contributed by atoms with Crippen LogP contribution in [-0.4, -0.2) is 27.6 Å². The lowest BCUT2D eigenvalue weighted by atomic mass is 10.2. The maximum Gasteiger partial charge on any atom is 0.265 e. The number of hydrogen-bond acceptors (Lipinski definition) is 4. The number of halogens is 1. The summed E-state index contributed by atoms with van der Waals surface area (Å²) >= 11 is 12.0. The summed E-state index contributed by atoms with van der Waals surface area (Å²) in [4.78, 5) is 27.1. The van der Waals surface area contributed by atoms with Crippen LogP contribution in [0.25, 0.3) is 0 Å². The van der Waals surface area contributed by atoms with E-state index in [0.29, 0.717) is 27.9 Å². The molecule has 0 unspecified atom stereocenters. The topological polar surface area (TPSA) is 48.3 Å². The van der Waals surface area contributed by atoms with Gasteiger partial charge in [0.15, 0.2) is 16.8 Å². The molecule has 0 aliphatic carbocycles. The molecular weight excluding hydrogens is 512 g/mol. The van der Waals surface area contributed by atoms with Crippen LogP contribution in [0.3, 0.4) is 0 Å². The molecule has 5 nitrogen and oxygen atoms in total. The summed E-state index contributed by atoms with van der Waals surface area (Å²) in [5.41, 5.74) is 5.98. The van der Waals surface area contributed by atoms with E-state index in [1.807, 2.05) is 93.6 Å². The Hall–Kier alpha value is -4.13. The normalized spacial score (nSPS) is 15.5. The number of carbonyl (C=O) groups is 1. The lowest BCUT2D eigenvalue weighted by Gasteiger charge is -2.19. The van der Waals surface area contributed by atoms with Crippen molar-refractivity contribution in [3.8, 4) is 0 Å². The molecule has 188 valence electrons. The number of carbonyl (C=O) groups excluding carboxylic acids is 1. The minimum Gasteiger partial charge on any atom is -0.268 e. The third kappa shape index (κ3) is 5.28. The highest BCUT2D eigenvalue weighted by molar-refractivity contribution is 7.80. The van der Waals surface area contributed by atoms with Gasteiger partial charge in [-0.2, -0.15) is 0 Å². The summed E-state index contributed by atoms with van der Waals surface area (Å²) in [6, 6.07) is 30.3. The lowest BCUT2D eigenvalue weighted by Crippen LogP contribution is -2.38. The number of aliphatic imine (C=N–C) groups is 2. The van der Waals surface area contributed by atoms with Crippen molar-refractivity contribution in [3.63, 3.8) is 0 Å². The van der Waals surface area contributed by atoms with Crippen molar-refractivity contribution in [2.45, 2.75) is 20.8 Å². The van der Waals surface area contributed by atoms with Crippen molar-refractivity contribution in [2.24, 2.45) is 9.98 Å². The van der Waals surface area contributed by atoms with Crippen LogP contribution in [0.1, 0.15) is 27.0 Å². The molecule has 1 heterocycles. The Kier molecular flexibility index (Phi) is 7.18. The Labute approximate surface area is 232 Å². The number of aryl methyl sites for hydroxylation is 3. The smallest absolute Gasteiger partial charge is 0.265 e. The zero-order valence-electron chi connectivity index (χ0n) is 21.2. The van der Waals surface area contributed by atoms with Gasteiger partial charge in [0.1, 0.15) is 0 Å². The second-order valence-electron chi connectivity index (χ2n) is 9.14. The number of rotatable bonds is 4. The van der Waals surface area contributed by atoms with Gasteiger partial charge in [-0.1, -0.05) is 64.7 Å². The molecule has 5 rings (SSSR count). The molecule has 0 radical (unpaired) electrons. The van der Waals surface area contributed by atoms with Gasteiger partial charge in [0, 0.05) is 10.6 Å². The molecule has 1 aliphatic rings. The number of amidine groups is 2. The van der Waals surface area contributed by atoms with E-state index in [-0.39, 0.29) is 11.0 Å². The van der Waals surface area contributed by atoms with Crippen LogP contribution in [-0.2, 0) is 0 Å². The first kappa shape index (κ1) is 25.5. The van der Waals surface area contributed by atoms with E-state index in [4.69, 9.17) is 33.8 Å². The molecular formula is C31H25ClN4OS. The van der Waals surface area contributed by atoms with Crippen LogP contribution in [0.15, 0.2) is 107 Å². The van der Waals surface area contributed by atoms with Crippen molar-refractivity contribution in [2.75, 3.05) is 4.90 Å². The number of nitrogens with zero attached hydrogens (tertiary/aromatic N) is 4. The second-order valence-corrected chi connectivity index (χ2v) is 9.94. The SMILES string of the molecule is Cc1ccc(N=C2C(=Nc3ccc(C)cc3)N(c3ccc(C)cc3)C(=S)N2C(=O)c2ccc(Cl)cc2)cc1. The van der Waals surface area contributed by atoms with Gasteiger partial charge in [-0.25, -0.2) is 14.9 Å². The summed E-state index contributed by atoms with van der Waals surface area (Å²) in [5, 5.41) is 0.813. The molecule has 4 aromatic carbocycles. The average Bonchev–Trinajstić information content (AvgIpc) is 3.17. The first-order chi connectivity index (χ1) is 18.3. The van der Waals surface area contributed by atoms with Crippen molar-refractivity contribution in [3.05, 3.63) is 124 Å². The van der Waals surface area contributed by atoms with Crippen LogP contribution < -0.4 is 4.90 Å². The summed E-state index contributed by atoms with van der Waals surface area (Å²) in [6.07, 6.45) is 0. The molecule has 7 heteroatoms. The lowest BCUT2D eigenvalue weighted by molar-refractivity contribution is 0.0907. The van der Waals surface area contributed by atoms with Gasteiger partial charge >= 0.3 is 0 Å². The van der Waals surface area contributed by atoms with Gasteiger partial charge < -0.3 is 0 Å². The fraction of sp³-hybridized carbons (Fsp3) is 0.0968. The van der Waals surface area contributed by atoms with E-state index in [1.54, 1.807) is 29.2 Å². The van der Waals surface area contributed by atoms with Crippen LogP contribution in [0.2, 0.25) is 5.02 Å². The van der Waals surface area contributed by atoms with Crippen molar-refractivity contribution >= 4 is 63.6 Å². The average molecular weight is 537 g/mol. The van der Waals surface area contributed by atoms with Crippen LogP contribution in [0, 0.1) is 20.8 Å². The number of thiocarbonyl (C=S) groups is 1. The molecule has 0 N–H and O–H groups in total. The minimum absolute atomic E-state index is 0.269. The van der Waals surface area contributed by atoms with E-state index in [2.05, 4.69) is 0 Å².